The number of allylic oxidation sites excluding steroid dienone is 4. The molecule has 0 N–H and O–H groups in total. The molecule has 2 heteroatoms. The predicted molar refractivity (Wildman–Crippen MR) is 107 cm³/mol. The second-order valence-corrected chi connectivity index (χ2v) is 7.00. The zero-order chi connectivity index (χ0) is 16.9. The van der Waals surface area contributed by atoms with Crippen molar-refractivity contribution < 1.29 is 0 Å². The van der Waals surface area contributed by atoms with Crippen molar-refractivity contribution in [1.29, 1.82) is 0 Å². The van der Waals surface area contributed by atoms with Crippen molar-refractivity contribution in [3.05, 3.63) is 95.1 Å². The number of rotatable bonds is 5. The number of benzene rings is 2. The third kappa shape index (κ3) is 3.65. The molecule has 0 aromatic heterocycles. The van der Waals surface area contributed by atoms with Crippen LogP contribution < -0.4 is 4.90 Å². The van der Waals surface area contributed by atoms with Gasteiger partial charge in [-0.1, -0.05) is 72.5 Å². The van der Waals surface area contributed by atoms with E-state index in [1.807, 2.05) is 11.8 Å². The number of nitrogens with zero attached hydrogens (tertiary/aromatic N) is 1. The summed E-state index contributed by atoms with van der Waals surface area (Å²) in [6.45, 7) is 9.52. The summed E-state index contributed by atoms with van der Waals surface area (Å²) in [5, 5.41) is 1.28. The summed E-state index contributed by atoms with van der Waals surface area (Å²) in [6.07, 6.45) is 7.34. The number of para-hydroxylation sites is 1. The van der Waals surface area contributed by atoms with Gasteiger partial charge >= 0.3 is 0 Å². The van der Waals surface area contributed by atoms with Gasteiger partial charge in [-0.25, -0.2) is 0 Å². The lowest BCUT2D eigenvalue weighted by atomic mass is 10.0. The fourth-order valence-electron chi connectivity index (χ4n) is 2.88. The Morgan fingerprint density at radius 3 is 2.67 bits per heavy atom. The molecule has 0 fully saturated rings. The zero-order valence-electron chi connectivity index (χ0n) is 14.3. The summed E-state index contributed by atoms with van der Waals surface area (Å²) >= 11 is 1.83. The maximum absolute atomic E-state index is 4.20. The number of hydrogen-bond donors (Lipinski definition) is 0. The van der Waals surface area contributed by atoms with Crippen LogP contribution >= 0.6 is 11.8 Å². The lowest BCUT2D eigenvalue weighted by Crippen LogP contribution is -2.16. The first-order chi connectivity index (χ1) is 11.7. The van der Waals surface area contributed by atoms with E-state index in [1.165, 1.54) is 26.7 Å². The fourth-order valence-corrected chi connectivity index (χ4v) is 4.02. The molecule has 3 rings (SSSR count). The molecular weight excluding hydrogens is 310 g/mol. The number of fused-ring (bicyclic) bond motifs is 1. The van der Waals surface area contributed by atoms with Crippen molar-refractivity contribution in [2.75, 3.05) is 11.4 Å². The molecule has 0 bridgehead atoms. The first-order valence-corrected chi connectivity index (χ1v) is 9.15. The summed E-state index contributed by atoms with van der Waals surface area (Å²) in [4.78, 5) is 3.69. The van der Waals surface area contributed by atoms with Crippen molar-refractivity contribution in [2.24, 2.45) is 0 Å². The SMILES string of the molecule is C=C(C=CC=C1Sc2ccccc2N1CC)Cc1ccccc1C. The Hall–Kier alpha value is -2.19. The van der Waals surface area contributed by atoms with E-state index in [-0.39, 0.29) is 0 Å². The molecule has 0 atom stereocenters. The molecule has 0 amide bonds. The molecule has 0 saturated heterocycles. The highest BCUT2D eigenvalue weighted by molar-refractivity contribution is 8.03. The van der Waals surface area contributed by atoms with Crippen LogP contribution in [0.15, 0.2) is 88.8 Å². The Kier molecular flexibility index (Phi) is 5.27. The Balaban J connectivity index is 1.68. The van der Waals surface area contributed by atoms with E-state index in [0.29, 0.717) is 0 Å². The zero-order valence-corrected chi connectivity index (χ0v) is 15.1. The van der Waals surface area contributed by atoms with E-state index in [0.717, 1.165) is 18.5 Å². The molecule has 1 heterocycles. The minimum atomic E-state index is 0.900. The van der Waals surface area contributed by atoms with E-state index < -0.39 is 0 Å². The summed E-state index contributed by atoms with van der Waals surface area (Å²) in [5.74, 6) is 0. The van der Waals surface area contributed by atoms with Gasteiger partial charge in [-0.2, -0.15) is 0 Å². The lowest BCUT2D eigenvalue weighted by molar-refractivity contribution is 1.00. The van der Waals surface area contributed by atoms with Gasteiger partial charge in [0.05, 0.1) is 10.7 Å². The molecule has 24 heavy (non-hydrogen) atoms. The molecule has 1 nitrogen and oxygen atoms in total. The monoisotopic (exact) mass is 333 g/mol. The fraction of sp³-hybridized carbons (Fsp3) is 0.182. The van der Waals surface area contributed by atoms with E-state index in [4.69, 9.17) is 0 Å². The summed E-state index contributed by atoms with van der Waals surface area (Å²) in [5.41, 5.74) is 5.11. The van der Waals surface area contributed by atoms with Gasteiger partial charge in [0.25, 0.3) is 0 Å². The predicted octanol–water partition coefficient (Wildman–Crippen LogP) is 6.12. The highest BCUT2D eigenvalue weighted by Crippen LogP contribution is 2.45. The largest absolute Gasteiger partial charge is 0.335 e. The third-order valence-electron chi connectivity index (χ3n) is 4.20. The maximum atomic E-state index is 4.20. The molecule has 122 valence electrons. The summed E-state index contributed by atoms with van der Waals surface area (Å²) in [6, 6.07) is 17.1. The van der Waals surface area contributed by atoms with Gasteiger partial charge in [-0.05, 0) is 49.6 Å². The molecule has 0 aliphatic carbocycles. The second-order valence-electron chi connectivity index (χ2n) is 5.94. The van der Waals surface area contributed by atoms with Crippen LogP contribution in [0.3, 0.4) is 0 Å². The Bertz CT molecular complexity index is 801. The molecule has 0 radical (unpaired) electrons. The summed E-state index contributed by atoms with van der Waals surface area (Å²) in [7, 11) is 0. The van der Waals surface area contributed by atoms with Gasteiger partial charge in [-0.15, -0.1) is 0 Å². The first kappa shape index (κ1) is 16.7. The average Bonchev–Trinajstić information content (AvgIpc) is 2.94. The van der Waals surface area contributed by atoms with Crippen molar-refractivity contribution in [2.45, 2.75) is 25.2 Å². The topological polar surface area (TPSA) is 3.24 Å². The van der Waals surface area contributed by atoms with Gasteiger partial charge in [0.15, 0.2) is 0 Å². The molecule has 2 aromatic carbocycles. The highest BCUT2D eigenvalue weighted by Gasteiger charge is 2.22. The van der Waals surface area contributed by atoms with Crippen molar-refractivity contribution in [3.63, 3.8) is 0 Å². The summed E-state index contributed by atoms with van der Waals surface area (Å²) < 4.78 is 0. The third-order valence-corrected chi connectivity index (χ3v) is 5.33. The first-order valence-electron chi connectivity index (χ1n) is 8.34. The van der Waals surface area contributed by atoms with Gasteiger partial charge in [0.1, 0.15) is 0 Å². The van der Waals surface area contributed by atoms with Gasteiger partial charge in [0, 0.05) is 11.4 Å². The quantitative estimate of drug-likeness (QED) is 0.606. The smallest absolute Gasteiger partial charge is 0.0801 e. The minimum Gasteiger partial charge on any atom is -0.335 e. The van der Waals surface area contributed by atoms with Crippen molar-refractivity contribution in [3.8, 4) is 0 Å². The van der Waals surface area contributed by atoms with Crippen LogP contribution in [0.2, 0.25) is 0 Å². The second kappa shape index (κ2) is 7.59. The lowest BCUT2D eigenvalue weighted by Gasteiger charge is -2.17. The Labute approximate surface area is 149 Å². The van der Waals surface area contributed by atoms with E-state index >= 15 is 0 Å². The number of aryl methyl sites for hydroxylation is 1. The number of thioether (sulfide) groups is 1. The molecule has 2 aromatic rings. The van der Waals surface area contributed by atoms with Crippen molar-refractivity contribution >= 4 is 17.4 Å². The Morgan fingerprint density at radius 2 is 1.88 bits per heavy atom. The molecule has 0 saturated carbocycles. The van der Waals surface area contributed by atoms with Crippen LogP contribution in [-0.4, -0.2) is 6.54 Å². The number of hydrogen-bond acceptors (Lipinski definition) is 2. The van der Waals surface area contributed by atoms with Crippen LogP contribution in [-0.2, 0) is 6.42 Å². The van der Waals surface area contributed by atoms with E-state index in [9.17, 15) is 0 Å². The standard InChI is InChI=1S/C22H23NS/c1-4-23-20-13-7-8-14-21(20)24-22(23)15-9-10-17(2)16-19-12-6-5-11-18(19)3/h5-15H,2,4,16H2,1,3H3. The van der Waals surface area contributed by atoms with E-state index in [1.54, 1.807) is 0 Å². The van der Waals surface area contributed by atoms with Crippen molar-refractivity contribution in [1.82, 2.24) is 0 Å². The highest BCUT2D eigenvalue weighted by atomic mass is 32.2. The van der Waals surface area contributed by atoms with Crippen LogP contribution in [0.5, 0.6) is 0 Å². The van der Waals surface area contributed by atoms with Crippen LogP contribution in [0, 0.1) is 6.92 Å². The van der Waals surface area contributed by atoms with Crippen LogP contribution in [0.4, 0.5) is 5.69 Å². The van der Waals surface area contributed by atoms with Gasteiger partial charge in [-0.3, -0.25) is 0 Å². The molecule has 0 spiro atoms. The normalized spacial score (nSPS) is 15.2. The molecule has 1 aliphatic heterocycles. The van der Waals surface area contributed by atoms with Gasteiger partial charge in [0.2, 0.25) is 0 Å². The Morgan fingerprint density at radius 1 is 1.12 bits per heavy atom. The molecule has 0 unspecified atom stereocenters. The number of anilines is 1. The van der Waals surface area contributed by atoms with E-state index in [2.05, 4.69) is 92.1 Å². The molecular formula is C22H23NS. The average molecular weight is 334 g/mol. The van der Waals surface area contributed by atoms with Gasteiger partial charge < -0.3 is 4.90 Å². The maximum Gasteiger partial charge on any atom is 0.0801 e. The van der Waals surface area contributed by atoms with Crippen LogP contribution in [0.1, 0.15) is 18.1 Å². The minimum absolute atomic E-state index is 0.900. The molecule has 1 aliphatic rings. The van der Waals surface area contributed by atoms with Crippen LogP contribution in [0.25, 0.3) is 0 Å².